The van der Waals surface area contributed by atoms with E-state index in [9.17, 15) is 9.18 Å². The first-order valence-electron chi connectivity index (χ1n) is 11.7. The van der Waals surface area contributed by atoms with Crippen LogP contribution in [-0.2, 0) is 13.0 Å². The highest BCUT2D eigenvalue weighted by molar-refractivity contribution is 6.31. The van der Waals surface area contributed by atoms with Gasteiger partial charge < -0.3 is 18.7 Å². The van der Waals surface area contributed by atoms with Gasteiger partial charge in [-0.2, -0.15) is 0 Å². The van der Waals surface area contributed by atoms with E-state index < -0.39 is 5.82 Å². The van der Waals surface area contributed by atoms with Gasteiger partial charge in [-0.3, -0.25) is 4.79 Å². The molecule has 0 bridgehead atoms. The van der Waals surface area contributed by atoms with Crippen molar-refractivity contribution in [3.8, 4) is 0 Å². The Morgan fingerprint density at radius 1 is 1.14 bits per heavy atom. The standard InChI is InChI=1S/C25H21ClFN7O/c26-16-7-8-32-13-30-17(24(32)23(16)27)9-29-25(35)20-10-28-21-6-4-19(34(20)21)18-12-33-11-15(14-1-2-14)3-5-22(33)31-18/h3,5,7-8,10-14,19H,1-2,4,6,9H2,(H,29,35). The number of imidazole rings is 3. The molecule has 6 heterocycles. The van der Waals surface area contributed by atoms with Gasteiger partial charge in [0.05, 0.1) is 41.5 Å². The van der Waals surface area contributed by atoms with Crippen LogP contribution in [0.1, 0.15) is 64.5 Å². The fraction of sp³-hybridized carbons (Fsp3) is 0.280. The summed E-state index contributed by atoms with van der Waals surface area (Å²) in [6, 6.07) is 5.63. The van der Waals surface area contributed by atoms with E-state index in [1.165, 1.54) is 30.8 Å². The van der Waals surface area contributed by atoms with Crippen LogP contribution in [0.3, 0.4) is 0 Å². The third-order valence-electron chi connectivity index (χ3n) is 7.03. The summed E-state index contributed by atoms with van der Waals surface area (Å²) in [6.07, 6.45) is 13.1. The van der Waals surface area contributed by atoms with Crippen molar-refractivity contribution >= 4 is 28.7 Å². The van der Waals surface area contributed by atoms with E-state index >= 15 is 0 Å². The van der Waals surface area contributed by atoms with Crippen LogP contribution in [0.4, 0.5) is 4.39 Å². The maximum atomic E-state index is 14.5. The summed E-state index contributed by atoms with van der Waals surface area (Å²) >= 11 is 5.93. The van der Waals surface area contributed by atoms with Crippen LogP contribution in [-0.4, -0.2) is 34.2 Å². The molecular weight excluding hydrogens is 469 g/mol. The van der Waals surface area contributed by atoms with Crippen molar-refractivity contribution in [3.63, 3.8) is 0 Å². The normalized spacial score (nSPS) is 17.4. The number of rotatable bonds is 5. The summed E-state index contributed by atoms with van der Waals surface area (Å²) in [5.41, 5.74) is 4.28. The quantitative estimate of drug-likeness (QED) is 0.399. The summed E-state index contributed by atoms with van der Waals surface area (Å²) in [5.74, 6) is 0.683. The van der Waals surface area contributed by atoms with Crippen LogP contribution < -0.4 is 5.32 Å². The largest absolute Gasteiger partial charge is 0.345 e. The molecule has 1 aliphatic heterocycles. The zero-order chi connectivity index (χ0) is 23.7. The molecule has 1 fully saturated rings. The Hall–Kier alpha value is -3.72. The number of carbonyl (C=O) groups excluding carboxylic acids is 1. The molecule has 5 aromatic heterocycles. The number of fused-ring (bicyclic) bond motifs is 3. The van der Waals surface area contributed by atoms with Crippen molar-refractivity contribution in [1.82, 2.24) is 33.6 Å². The molecule has 2 aliphatic rings. The molecule has 5 aromatic rings. The fourth-order valence-electron chi connectivity index (χ4n) is 5.09. The van der Waals surface area contributed by atoms with E-state index in [0.717, 1.165) is 30.0 Å². The second-order valence-electron chi connectivity index (χ2n) is 9.26. The van der Waals surface area contributed by atoms with Crippen LogP contribution in [0.2, 0.25) is 5.02 Å². The lowest BCUT2D eigenvalue weighted by molar-refractivity contribution is 0.0940. The highest BCUT2D eigenvalue weighted by Gasteiger charge is 2.31. The zero-order valence-corrected chi connectivity index (χ0v) is 19.4. The summed E-state index contributed by atoms with van der Waals surface area (Å²) < 4.78 is 20.1. The predicted molar refractivity (Wildman–Crippen MR) is 127 cm³/mol. The lowest BCUT2D eigenvalue weighted by atomic mass is 10.1. The van der Waals surface area contributed by atoms with Crippen molar-refractivity contribution in [1.29, 1.82) is 0 Å². The summed E-state index contributed by atoms with van der Waals surface area (Å²) in [5, 5.41) is 2.88. The first-order chi connectivity index (χ1) is 17.1. The Bertz CT molecular complexity index is 1630. The topological polar surface area (TPSA) is 81.5 Å². The van der Waals surface area contributed by atoms with Crippen molar-refractivity contribution in [2.75, 3.05) is 0 Å². The first-order valence-corrected chi connectivity index (χ1v) is 12.1. The van der Waals surface area contributed by atoms with E-state index in [0.29, 0.717) is 17.3 Å². The third-order valence-corrected chi connectivity index (χ3v) is 7.32. The average molecular weight is 490 g/mol. The highest BCUT2D eigenvalue weighted by atomic mass is 35.5. The van der Waals surface area contributed by atoms with E-state index in [-0.39, 0.29) is 29.0 Å². The lowest BCUT2D eigenvalue weighted by Crippen LogP contribution is -2.26. The number of aromatic nitrogens is 6. The Morgan fingerprint density at radius 2 is 2.03 bits per heavy atom. The molecule has 1 N–H and O–H groups in total. The molecule has 176 valence electrons. The molecular formula is C25H21ClFN7O. The number of halogens is 2. The van der Waals surface area contributed by atoms with Crippen LogP contribution >= 0.6 is 11.6 Å². The van der Waals surface area contributed by atoms with Gasteiger partial charge in [-0.25, -0.2) is 19.3 Å². The molecule has 0 spiro atoms. The monoisotopic (exact) mass is 489 g/mol. The Morgan fingerprint density at radius 3 is 2.89 bits per heavy atom. The van der Waals surface area contributed by atoms with Crippen LogP contribution in [0.5, 0.6) is 0 Å². The van der Waals surface area contributed by atoms with E-state index in [2.05, 4.69) is 44.2 Å². The van der Waals surface area contributed by atoms with Gasteiger partial charge in [-0.15, -0.1) is 0 Å². The molecule has 1 saturated carbocycles. The Labute approximate surface area is 204 Å². The number of aryl methyl sites for hydroxylation is 1. The van der Waals surface area contributed by atoms with E-state index in [1.807, 2.05) is 4.57 Å². The molecule has 1 aliphatic carbocycles. The first kappa shape index (κ1) is 20.6. The zero-order valence-electron chi connectivity index (χ0n) is 18.7. The van der Waals surface area contributed by atoms with Crippen molar-refractivity contribution in [2.24, 2.45) is 0 Å². The van der Waals surface area contributed by atoms with Crippen LogP contribution in [0.15, 0.2) is 49.3 Å². The molecule has 0 aromatic carbocycles. The minimum atomic E-state index is -0.557. The molecule has 0 saturated heterocycles. The number of carbonyl (C=O) groups is 1. The maximum absolute atomic E-state index is 14.5. The molecule has 1 amide bonds. The smallest absolute Gasteiger partial charge is 0.269 e. The van der Waals surface area contributed by atoms with Gasteiger partial charge in [0.2, 0.25) is 0 Å². The van der Waals surface area contributed by atoms with Crippen molar-refractivity contribution in [3.05, 3.63) is 88.6 Å². The SMILES string of the molecule is O=C(NCc1ncn2ccc(Cl)c(F)c12)c1cnc2n1C(c1cn3cc(C4CC4)ccc3n1)CC2. The molecule has 35 heavy (non-hydrogen) atoms. The number of nitrogens with zero attached hydrogens (tertiary/aromatic N) is 6. The second-order valence-corrected chi connectivity index (χ2v) is 9.67. The van der Waals surface area contributed by atoms with Crippen LogP contribution in [0, 0.1) is 5.82 Å². The third kappa shape index (κ3) is 3.33. The number of pyridine rings is 2. The molecule has 1 unspecified atom stereocenters. The summed E-state index contributed by atoms with van der Waals surface area (Å²) in [6.45, 7) is 0.0656. The van der Waals surface area contributed by atoms with E-state index in [1.54, 1.807) is 16.8 Å². The number of hydrogen-bond acceptors (Lipinski definition) is 4. The summed E-state index contributed by atoms with van der Waals surface area (Å²) in [4.78, 5) is 26.8. The Balaban J connectivity index is 1.16. The lowest BCUT2D eigenvalue weighted by Gasteiger charge is -2.14. The minimum absolute atomic E-state index is 0.0127. The molecule has 1 atom stereocenters. The van der Waals surface area contributed by atoms with Crippen molar-refractivity contribution < 1.29 is 9.18 Å². The van der Waals surface area contributed by atoms with Crippen LogP contribution in [0.25, 0.3) is 11.2 Å². The van der Waals surface area contributed by atoms with Gasteiger partial charge in [0.25, 0.3) is 5.91 Å². The number of nitrogens with one attached hydrogen (secondary N) is 1. The van der Waals surface area contributed by atoms with Gasteiger partial charge in [0.15, 0.2) is 5.82 Å². The van der Waals surface area contributed by atoms with Gasteiger partial charge in [0.1, 0.15) is 22.7 Å². The highest BCUT2D eigenvalue weighted by Crippen LogP contribution is 2.40. The fourth-order valence-corrected chi connectivity index (χ4v) is 5.24. The van der Waals surface area contributed by atoms with Gasteiger partial charge in [0, 0.05) is 25.0 Å². The van der Waals surface area contributed by atoms with Gasteiger partial charge >= 0.3 is 0 Å². The van der Waals surface area contributed by atoms with Gasteiger partial charge in [-0.1, -0.05) is 17.7 Å². The van der Waals surface area contributed by atoms with Crippen molar-refractivity contribution in [2.45, 2.75) is 44.2 Å². The van der Waals surface area contributed by atoms with E-state index in [4.69, 9.17) is 16.6 Å². The van der Waals surface area contributed by atoms with Gasteiger partial charge in [-0.05, 0) is 42.9 Å². The predicted octanol–water partition coefficient (Wildman–Crippen LogP) is 4.31. The minimum Gasteiger partial charge on any atom is -0.345 e. The second kappa shape index (κ2) is 7.64. The molecule has 0 radical (unpaired) electrons. The summed E-state index contributed by atoms with van der Waals surface area (Å²) in [7, 11) is 0. The maximum Gasteiger partial charge on any atom is 0.269 e. The number of amides is 1. The average Bonchev–Trinajstić information content (AvgIpc) is 3.19. The molecule has 8 nitrogen and oxygen atoms in total. The molecule has 10 heteroatoms. The molecule has 7 rings (SSSR count). The Kier molecular flexibility index (Phi) is 4.51. The number of hydrogen-bond donors (Lipinski definition) is 1.